The number of rotatable bonds is 11. The maximum absolute atomic E-state index is 10.5. The van der Waals surface area contributed by atoms with E-state index >= 15 is 0 Å². The molecule has 1 heterocycles. The van der Waals surface area contributed by atoms with Crippen molar-refractivity contribution in [3.05, 3.63) is 35.9 Å². The maximum Gasteiger partial charge on any atom is 0.131 e. The molecule has 2 aromatic rings. The smallest absolute Gasteiger partial charge is 0.131 e. The van der Waals surface area contributed by atoms with Crippen LogP contribution in [0.25, 0.3) is 11.3 Å². The molecule has 0 amide bonds. The van der Waals surface area contributed by atoms with Crippen LogP contribution in [0.1, 0.15) is 33.3 Å². The average Bonchev–Trinajstić information content (AvgIpc) is 2.96. The molecular formula is C23H38N4O2. The lowest BCUT2D eigenvalue weighted by Crippen LogP contribution is -2.37. The normalized spacial score (nSPS) is 12.9. The lowest BCUT2D eigenvalue weighted by molar-refractivity contribution is -0.0108. The van der Waals surface area contributed by atoms with Gasteiger partial charge in [0.1, 0.15) is 5.82 Å². The SMILES string of the molecule is CC(C)CN(Cc1c(-c2ccccc2)nn(C)c1N(C)C)CC(O)COC(C)C. The first-order valence-corrected chi connectivity index (χ1v) is 10.5. The van der Waals surface area contributed by atoms with Gasteiger partial charge in [0.15, 0.2) is 0 Å². The van der Waals surface area contributed by atoms with Gasteiger partial charge in [0.25, 0.3) is 0 Å². The number of hydrogen-bond donors (Lipinski definition) is 1. The number of aromatic nitrogens is 2. The van der Waals surface area contributed by atoms with Gasteiger partial charge in [-0.05, 0) is 19.8 Å². The molecule has 1 atom stereocenters. The van der Waals surface area contributed by atoms with Crippen LogP contribution in [0.2, 0.25) is 0 Å². The van der Waals surface area contributed by atoms with Crippen molar-refractivity contribution >= 4 is 5.82 Å². The van der Waals surface area contributed by atoms with Crippen LogP contribution in [0, 0.1) is 5.92 Å². The van der Waals surface area contributed by atoms with Gasteiger partial charge in [0.2, 0.25) is 0 Å². The molecule has 6 heteroatoms. The lowest BCUT2D eigenvalue weighted by Gasteiger charge is -2.28. The van der Waals surface area contributed by atoms with E-state index in [4.69, 9.17) is 9.84 Å². The highest BCUT2D eigenvalue weighted by molar-refractivity contribution is 5.69. The monoisotopic (exact) mass is 402 g/mol. The summed E-state index contributed by atoms with van der Waals surface area (Å²) in [6.45, 7) is 10.9. The summed E-state index contributed by atoms with van der Waals surface area (Å²) in [6, 6.07) is 10.3. The number of ether oxygens (including phenoxy) is 1. The molecule has 0 saturated heterocycles. The van der Waals surface area contributed by atoms with Crippen LogP contribution in [0.5, 0.6) is 0 Å². The predicted octanol–water partition coefficient (Wildman–Crippen LogP) is 3.40. The minimum atomic E-state index is -0.518. The molecule has 1 unspecified atom stereocenters. The van der Waals surface area contributed by atoms with Crippen molar-refractivity contribution in [1.82, 2.24) is 14.7 Å². The van der Waals surface area contributed by atoms with E-state index in [1.165, 1.54) is 5.56 Å². The number of nitrogens with zero attached hydrogens (tertiary/aromatic N) is 4. The van der Waals surface area contributed by atoms with Gasteiger partial charge in [-0.3, -0.25) is 9.58 Å². The van der Waals surface area contributed by atoms with Crippen molar-refractivity contribution < 1.29 is 9.84 Å². The molecule has 0 fully saturated rings. The molecule has 0 aliphatic rings. The summed E-state index contributed by atoms with van der Waals surface area (Å²) in [6.07, 6.45) is -0.401. The highest BCUT2D eigenvalue weighted by atomic mass is 16.5. The summed E-state index contributed by atoms with van der Waals surface area (Å²) < 4.78 is 7.57. The Morgan fingerprint density at radius 1 is 1.07 bits per heavy atom. The van der Waals surface area contributed by atoms with Crippen LogP contribution in [0.15, 0.2) is 30.3 Å². The van der Waals surface area contributed by atoms with Crippen LogP contribution in [0.4, 0.5) is 5.82 Å². The van der Waals surface area contributed by atoms with Crippen molar-refractivity contribution in [2.24, 2.45) is 13.0 Å². The Balaban J connectivity index is 2.33. The first-order valence-electron chi connectivity index (χ1n) is 10.5. The third-order valence-corrected chi connectivity index (χ3v) is 4.68. The number of aliphatic hydroxyl groups is 1. The third-order valence-electron chi connectivity index (χ3n) is 4.68. The number of aryl methyl sites for hydroxylation is 1. The summed E-state index contributed by atoms with van der Waals surface area (Å²) in [7, 11) is 6.09. The summed E-state index contributed by atoms with van der Waals surface area (Å²) >= 11 is 0. The van der Waals surface area contributed by atoms with E-state index in [-0.39, 0.29) is 6.10 Å². The van der Waals surface area contributed by atoms with Crippen molar-refractivity contribution in [2.75, 3.05) is 38.7 Å². The van der Waals surface area contributed by atoms with E-state index in [1.54, 1.807) is 0 Å². The molecule has 1 N–H and O–H groups in total. The summed E-state index contributed by atoms with van der Waals surface area (Å²) in [4.78, 5) is 4.43. The molecular weight excluding hydrogens is 364 g/mol. The topological polar surface area (TPSA) is 53.8 Å². The Morgan fingerprint density at radius 2 is 1.72 bits per heavy atom. The van der Waals surface area contributed by atoms with E-state index in [0.717, 1.165) is 30.2 Å². The number of anilines is 1. The lowest BCUT2D eigenvalue weighted by atomic mass is 10.1. The van der Waals surface area contributed by atoms with Gasteiger partial charge in [-0.15, -0.1) is 0 Å². The molecule has 0 bridgehead atoms. The van der Waals surface area contributed by atoms with Gasteiger partial charge in [-0.2, -0.15) is 5.10 Å². The average molecular weight is 403 g/mol. The summed E-state index contributed by atoms with van der Waals surface area (Å²) in [5, 5.41) is 15.4. The van der Waals surface area contributed by atoms with E-state index in [2.05, 4.69) is 35.8 Å². The van der Waals surface area contributed by atoms with E-state index in [9.17, 15) is 5.11 Å². The Bertz CT molecular complexity index is 741. The van der Waals surface area contributed by atoms with Gasteiger partial charge < -0.3 is 14.7 Å². The fourth-order valence-corrected chi connectivity index (χ4v) is 3.69. The van der Waals surface area contributed by atoms with Gasteiger partial charge in [-0.1, -0.05) is 44.2 Å². The van der Waals surface area contributed by atoms with Gasteiger partial charge >= 0.3 is 0 Å². The first-order chi connectivity index (χ1) is 13.7. The van der Waals surface area contributed by atoms with Crippen LogP contribution in [-0.2, 0) is 18.3 Å². The molecule has 2 rings (SSSR count). The Labute approximate surface area is 176 Å². The van der Waals surface area contributed by atoms with Crippen molar-refractivity contribution in [2.45, 2.75) is 46.4 Å². The Hall–Kier alpha value is -1.89. The summed E-state index contributed by atoms with van der Waals surface area (Å²) in [5.74, 6) is 1.58. The molecule has 29 heavy (non-hydrogen) atoms. The minimum absolute atomic E-state index is 0.117. The summed E-state index contributed by atoms with van der Waals surface area (Å²) in [5.41, 5.74) is 3.29. The number of benzene rings is 1. The fourth-order valence-electron chi connectivity index (χ4n) is 3.69. The van der Waals surface area contributed by atoms with Gasteiger partial charge in [0.05, 0.1) is 24.5 Å². The van der Waals surface area contributed by atoms with Crippen molar-refractivity contribution in [1.29, 1.82) is 0 Å². The zero-order valence-corrected chi connectivity index (χ0v) is 19.1. The van der Waals surface area contributed by atoms with Crippen molar-refractivity contribution in [3.8, 4) is 11.3 Å². The largest absolute Gasteiger partial charge is 0.389 e. The van der Waals surface area contributed by atoms with E-state index in [0.29, 0.717) is 19.1 Å². The van der Waals surface area contributed by atoms with Crippen molar-refractivity contribution in [3.63, 3.8) is 0 Å². The molecule has 0 aliphatic carbocycles. The minimum Gasteiger partial charge on any atom is -0.389 e. The molecule has 1 aromatic carbocycles. The van der Waals surface area contributed by atoms with Crippen LogP contribution in [-0.4, -0.2) is 65.8 Å². The van der Waals surface area contributed by atoms with E-state index in [1.807, 2.05) is 57.9 Å². The maximum atomic E-state index is 10.5. The second-order valence-corrected chi connectivity index (χ2v) is 8.66. The predicted molar refractivity (Wildman–Crippen MR) is 120 cm³/mol. The highest BCUT2D eigenvalue weighted by Gasteiger charge is 2.23. The number of hydrogen-bond acceptors (Lipinski definition) is 5. The first kappa shape index (κ1) is 23.4. The molecule has 0 spiro atoms. The standard InChI is InChI=1S/C23H38N4O2/c1-17(2)13-27(14-20(28)16-29-18(3)4)15-21-22(19-11-9-8-10-12-19)24-26(7)23(21)25(5)6/h8-12,17-18,20,28H,13-16H2,1-7H3. The van der Waals surface area contributed by atoms with Crippen LogP contribution in [0.3, 0.4) is 0 Å². The fraction of sp³-hybridized carbons (Fsp3) is 0.609. The van der Waals surface area contributed by atoms with Crippen LogP contribution < -0.4 is 4.90 Å². The molecule has 162 valence electrons. The highest BCUT2D eigenvalue weighted by Crippen LogP contribution is 2.31. The van der Waals surface area contributed by atoms with Gasteiger partial charge in [-0.25, -0.2) is 0 Å². The number of aliphatic hydroxyl groups excluding tert-OH is 1. The van der Waals surface area contributed by atoms with E-state index < -0.39 is 6.10 Å². The molecule has 6 nitrogen and oxygen atoms in total. The molecule has 0 aliphatic heterocycles. The quantitative estimate of drug-likeness (QED) is 0.624. The second-order valence-electron chi connectivity index (χ2n) is 8.66. The Morgan fingerprint density at radius 3 is 2.28 bits per heavy atom. The molecule has 1 aromatic heterocycles. The third kappa shape index (κ3) is 6.84. The van der Waals surface area contributed by atoms with Gasteiger partial charge in [0, 0.05) is 51.9 Å². The zero-order valence-electron chi connectivity index (χ0n) is 19.1. The molecule has 0 radical (unpaired) electrons. The van der Waals surface area contributed by atoms with Crippen LogP contribution >= 0.6 is 0 Å². The molecule has 0 saturated carbocycles. The zero-order chi connectivity index (χ0) is 21.6. The Kier molecular flexibility index (Phi) is 8.68. The second kappa shape index (κ2) is 10.8.